The van der Waals surface area contributed by atoms with E-state index in [1.165, 1.54) is 36.5 Å². The number of aromatic nitrogens is 5. The Hall–Kier alpha value is -7.28. The van der Waals surface area contributed by atoms with Gasteiger partial charge in [0.1, 0.15) is 5.69 Å². The summed E-state index contributed by atoms with van der Waals surface area (Å²) in [7, 11) is 0. The highest BCUT2D eigenvalue weighted by Gasteiger charge is 2.22. The first-order valence-electron chi connectivity index (χ1n) is 18.6. The lowest BCUT2D eigenvalue weighted by molar-refractivity contribution is 1.04. The van der Waals surface area contributed by atoms with Gasteiger partial charge in [-0.05, 0) is 47.0 Å². The summed E-state index contributed by atoms with van der Waals surface area (Å²) in [6, 6.07) is 63.6. The second kappa shape index (κ2) is 13.2. The standard InChI is InChI=1S/C50H31N5S/c1-3-15-32(16-4-1)36-30-44(55-42-26-10-7-21-38(42)39-22-8-11-27-43(39)55)46(51-31-36)50-53-48(33-17-5-2-6-18-33)52-49(54-50)35-20-13-19-34(29-35)37-24-14-25-41-40-23-9-12-28-45(40)56-47(37)41/h1-31H. The number of thiophene rings is 1. The average Bonchev–Trinajstić information content (AvgIpc) is 3.83. The summed E-state index contributed by atoms with van der Waals surface area (Å²) in [5, 5.41) is 4.90. The van der Waals surface area contributed by atoms with Crippen LogP contribution in [0.4, 0.5) is 0 Å². The van der Waals surface area contributed by atoms with Gasteiger partial charge in [0.25, 0.3) is 0 Å². The van der Waals surface area contributed by atoms with Crippen molar-refractivity contribution in [3.63, 3.8) is 0 Å². The van der Waals surface area contributed by atoms with Crippen LogP contribution in [0.25, 0.3) is 104 Å². The van der Waals surface area contributed by atoms with Crippen LogP contribution in [0.3, 0.4) is 0 Å². The third kappa shape index (κ3) is 5.38. The van der Waals surface area contributed by atoms with Crippen LogP contribution in [0.2, 0.25) is 0 Å². The first kappa shape index (κ1) is 32.2. The van der Waals surface area contributed by atoms with Gasteiger partial charge in [0, 0.05) is 53.8 Å². The predicted molar refractivity (Wildman–Crippen MR) is 232 cm³/mol. The van der Waals surface area contributed by atoms with E-state index in [2.05, 4.69) is 150 Å². The van der Waals surface area contributed by atoms with Crippen molar-refractivity contribution in [3.05, 3.63) is 188 Å². The van der Waals surface area contributed by atoms with Crippen molar-refractivity contribution < 1.29 is 0 Å². The molecule has 11 rings (SSSR count). The van der Waals surface area contributed by atoms with Crippen molar-refractivity contribution in [3.8, 4) is 62.2 Å². The molecule has 4 heterocycles. The lowest BCUT2D eigenvalue weighted by Crippen LogP contribution is -2.05. The van der Waals surface area contributed by atoms with Gasteiger partial charge >= 0.3 is 0 Å². The molecule has 7 aromatic carbocycles. The molecule has 0 aliphatic carbocycles. The molecule has 56 heavy (non-hydrogen) atoms. The second-order valence-corrected chi connectivity index (χ2v) is 14.9. The van der Waals surface area contributed by atoms with Gasteiger partial charge in [-0.2, -0.15) is 0 Å². The summed E-state index contributed by atoms with van der Waals surface area (Å²) < 4.78 is 4.86. The minimum atomic E-state index is 0.502. The van der Waals surface area contributed by atoms with E-state index >= 15 is 0 Å². The van der Waals surface area contributed by atoms with Gasteiger partial charge in [0.2, 0.25) is 0 Å². The molecular formula is C50H31N5S. The Kier molecular flexibility index (Phi) is 7.60. The molecule has 0 amide bonds. The lowest BCUT2D eigenvalue weighted by Gasteiger charge is -2.15. The zero-order chi connectivity index (χ0) is 37.0. The Morgan fingerprint density at radius 2 is 0.946 bits per heavy atom. The maximum absolute atomic E-state index is 5.27. The molecule has 6 heteroatoms. The minimum absolute atomic E-state index is 0.502. The van der Waals surface area contributed by atoms with Crippen LogP contribution in [-0.4, -0.2) is 24.5 Å². The van der Waals surface area contributed by atoms with E-state index in [0.717, 1.165) is 44.5 Å². The van der Waals surface area contributed by atoms with Crippen LogP contribution in [0.15, 0.2) is 188 Å². The quantitative estimate of drug-likeness (QED) is 0.171. The van der Waals surface area contributed by atoms with Crippen LogP contribution in [-0.2, 0) is 0 Å². The van der Waals surface area contributed by atoms with Crippen molar-refractivity contribution in [2.45, 2.75) is 0 Å². The van der Waals surface area contributed by atoms with Crippen molar-refractivity contribution >= 4 is 53.3 Å². The zero-order valence-electron chi connectivity index (χ0n) is 30.0. The summed E-state index contributed by atoms with van der Waals surface area (Å²) in [6.07, 6.45) is 1.93. The third-order valence-corrected chi connectivity index (χ3v) is 11.7. The topological polar surface area (TPSA) is 56.5 Å². The van der Waals surface area contributed by atoms with E-state index in [1.807, 2.05) is 53.9 Å². The molecule has 0 bridgehead atoms. The Balaban J connectivity index is 1.15. The fraction of sp³-hybridized carbons (Fsp3) is 0. The van der Waals surface area contributed by atoms with Crippen LogP contribution in [0.5, 0.6) is 0 Å². The summed E-state index contributed by atoms with van der Waals surface area (Å²) in [5.74, 6) is 1.67. The van der Waals surface area contributed by atoms with E-state index in [1.54, 1.807) is 0 Å². The molecular weight excluding hydrogens is 703 g/mol. The van der Waals surface area contributed by atoms with Crippen molar-refractivity contribution in [2.75, 3.05) is 0 Å². The molecule has 0 unspecified atom stereocenters. The smallest absolute Gasteiger partial charge is 0.184 e. The first-order valence-corrected chi connectivity index (χ1v) is 19.5. The number of para-hydroxylation sites is 2. The van der Waals surface area contributed by atoms with Crippen molar-refractivity contribution in [1.82, 2.24) is 24.5 Å². The maximum atomic E-state index is 5.27. The SMILES string of the molecule is c1ccc(-c2cnc(-c3nc(-c4ccccc4)nc(-c4cccc(-c5cccc6c5sc5ccccc56)c4)n3)c(-n3c4ccccc4c4ccccc43)c2)cc1. The van der Waals surface area contributed by atoms with Crippen molar-refractivity contribution in [1.29, 1.82) is 0 Å². The molecule has 11 aromatic rings. The van der Waals surface area contributed by atoms with E-state index in [4.69, 9.17) is 19.9 Å². The molecule has 0 fully saturated rings. The van der Waals surface area contributed by atoms with E-state index < -0.39 is 0 Å². The fourth-order valence-corrected chi connectivity index (χ4v) is 9.13. The highest BCUT2D eigenvalue weighted by atomic mass is 32.1. The lowest BCUT2D eigenvalue weighted by atomic mass is 10.0. The van der Waals surface area contributed by atoms with Crippen LogP contribution in [0, 0.1) is 0 Å². The van der Waals surface area contributed by atoms with Crippen molar-refractivity contribution in [2.24, 2.45) is 0 Å². The first-order chi connectivity index (χ1) is 27.8. The number of benzene rings is 7. The summed E-state index contributed by atoms with van der Waals surface area (Å²) in [6.45, 7) is 0. The summed E-state index contributed by atoms with van der Waals surface area (Å²) in [5.41, 5.74) is 9.93. The molecule has 0 saturated heterocycles. The van der Waals surface area contributed by atoms with Gasteiger partial charge in [-0.1, -0.05) is 152 Å². The summed E-state index contributed by atoms with van der Waals surface area (Å²) >= 11 is 1.83. The van der Waals surface area contributed by atoms with Gasteiger partial charge in [-0.3, -0.25) is 4.98 Å². The van der Waals surface area contributed by atoms with Gasteiger partial charge < -0.3 is 4.57 Å². The molecule has 0 spiro atoms. The fourth-order valence-electron chi connectivity index (χ4n) is 7.89. The normalized spacial score (nSPS) is 11.6. The van der Waals surface area contributed by atoms with Crippen LogP contribution < -0.4 is 0 Å². The molecule has 5 nitrogen and oxygen atoms in total. The number of fused-ring (bicyclic) bond motifs is 6. The maximum Gasteiger partial charge on any atom is 0.184 e. The molecule has 0 radical (unpaired) electrons. The summed E-state index contributed by atoms with van der Waals surface area (Å²) in [4.78, 5) is 20.8. The Morgan fingerprint density at radius 3 is 1.70 bits per heavy atom. The number of rotatable bonds is 6. The number of nitrogens with zero attached hydrogens (tertiary/aromatic N) is 5. The Morgan fingerprint density at radius 1 is 0.393 bits per heavy atom. The highest BCUT2D eigenvalue weighted by molar-refractivity contribution is 7.26. The number of pyridine rings is 1. The number of hydrogen-bond donors (Lipinski definition) is 0. The van der Waals surface area contributed by atoms with E-state index in [0.29, 0.717) is 23.2 Å². The molecule has 0 N–H and O–H groups in total. The van der Waals surface area contributed by atoms with E-state index in [9.17, 15) is 0 Å². The predicted octanol–water partition coefficient (Wildman–Crippen LogP) is 13.1. The monoisotopic (exact) mass is 733 g/mol. The van der Waals surface area contributed by atoms with Gasteiger partial charge in [0.05, 0.1) is 16.7 Å². The molecule has 0 saturated carbocycles. The molecule has 0 aliphatic heterocycles. The van der Waals surface area contributed by atoms with Gasteiger partial charge in [-0.25, -0.2) is 15.0 Å². The van der Waals surface area contributed by atoms with Crippen LogP contribution in [0.1, 0.15) is 0 Å². The zero-order valence-corrected chi connectivity index (χ0v) is 30.9. The van der Waals surface area contributed by atoms with Crippen LogP contribution >= 0.6 is 11.3 Å². The van der Waals surface area contributed by atoms with Gasteiger partial charge in [0.15, 0.2) is 17.5 Å². The second-order valence-electron chi connectivity index (χ2n) is 13.9. The molecule has 0 atom stereocenters. The molecule has 0 aliphatic rings. The van der Waals surface area contributed by atoms with E-state index in [-0.39, 0.29) is 0 Å². The minimum Gasteiger partial charge on any atom is -0.307 e. The Labute approximate surface area is 326 Å². The largest absolute Gasteiger partial charge is 0.307 e. The third-order valence-electron chi connectivity index (χ3n) is 10.5. The Bertz CT molecular complexity index is 3200. The highest BCUT2D eigenvalue weighted by Crippen LogP contribution is 2.41. The van der Waals surface area contributed by atoms with Gasteiger partial charge in [-0.15, -0.1) is 11.3 Å². The number of hydrogen-bond acceptors (Lipinski definition) is 5. The average molecular weight is 734 g/mol. The molecule has 262 valence electrons. The molecule has 4 aromatic heterocycles.